The van der Waals surface area contributed by atoms with Gasteiger partial charge in [-0.1, -0.05) is 60.7 Å². The highest BCUT2D eigenvalue weighted by atomic mass is 16.5. The fourth-order valence-electron chi connectivity index (χ4n) is 4.66. The Bertz CT molecular complexity index is 1470. The molecule has 0 saturated heterocycles. The molecule has 234 valence electrons. The molecule has 0 spiro atoms. The van der Waals surface area contributed by atoms with Crippen molar-refractivity contribution < 1.29 is 29.0 Å². The molecule has 0 aliphatic heterocycles. The number of methoxy groups -OCH3 is 1. The van der Waals surface area contributed by atoms with E-state index >= 15 is 0 Å². The number of benzene rings is 2. The lowest BCUT2D eigenvalue weighted by Crippen LogP contribution is -2.22. The largest absolute Gasteiger partial charge is 0.481 e. The second-order valence-electron chi connectivity index (χ2n) is 10.5. The third-order valence-electron chi connectivity index (χ3n) is 7.04. The average molecular weight is 611 g/mol. The number of nitrogens with zero attached hydrogens (tertiary/aromatic N) is 4. The monoisotopic (exact) mass is 610 g/mol. The SMILES string of the molecule is COC(=O)[C@@H](CC(=O)CCc1cnccn1)Cc1ccccc1.O=C(CCc1cnccn1)C[C@@H](Cc1ccccc1)C(=O)O. The maximum Gasteiger partial charge on any atom is 0.309 e. The first-order chi connectivity index (χ1) is 21.8. The van der Waals surface area contributed by atoms with Crippen molar-refractivity contribution in [1.29, 1.82) is 0 Å². The van der Waals surface area contributed by atoms with Crippen molar-refractivity contribution in [3.8, 4) is 0 Å². The molecular formula is C35H38N4O6. The number of aryl methyl sites for hydroxylation is 2. The summed E-state index contributed by atoms with van der Waals surface area (Å²) in [7, 11) is 1.35. The van der Waals surface area contributed by atoms with Gasteiger partial charge in [-0.05, 0) is 36.8 Å². The first kappa shape index (κ1) is 34.4. The minimum atomic E-state index is -0.934. The molecule has 0 unspecified atom stereocenters. The van der Waals surface area contributed by atoms with Gasteiger partial charge in [0.2, 0.25) is 0 Å². The van der Waals surface area contributed by atoms with Gasteiger partial charge in [-0.2, -0.15) is 0 Å². The lowest BCUT2D eigenvalue weighted by Gasteiger charge is -2.14. The lowest BCUT2D eigenvalue weighted by atomic mass is 9.93. The van der Waals surface area contributed by atoms with Crippen molar-refractivity contribution in [2.45, 2.75) is 51.4 Å². The van der Waals surface area contributed by atoms with Crippen molar-refractivity contribution in [2.24, 2.45) is 11.8 Å². The standard InChI is InChI=1S/C18H20N2O3.C17H18N2O3/c1-23-18(22)15(11-14-5-3-2-4-6-14)12-17(21)8-7-16-13-19-9-10-20-16;20-16(7-6-15-12-18-8-9-19-15)11-14(17(21)22)10-13-4-2-1-3-5-13/h2-6,9-10,13,15H,7-8,11-12H2,1H3;1-5,8-9,12,14H,6-7,10-11H2,(H,21,22)/t15-;14-/m11/s1. The van der Waals surface area contributed by atoms with Gasteiger partial charge < -0.3 is 9.84 Å². The Morgan fingerprint density at radius 1 is 0.667 bits per heavy atom. The second kappa shape index (κ2) is 19.2. The van der Waals surface area contributed by atoms with Crippen LogP contribution in [0.3, 0.4) is 0 Å². The minimum absolute atomic E-state index is 0.0296. The van der Waals surface area contributed by atoms with Gasteiger partial charge >= 0.3 is 11.9 Å². The molecule has 0 radical (unpaired) electrons. The van der Waals surface area contributed by atoms with E-state index in [1.165, 1.54) is 7.11 Å². The molecule has 2 aromatic heterocycles. The van der Waals surface area contributed by atoms with Crippen molar-refractivity contribution in [2.75, 3.05) is 7.11 Å². The van der Waals surface area contributed by atoms with Gasteiger partial charge in [0.15, 0.2) is 0 Å². The normalized spacial score (nSPS) is 11.8. The number of carbonyl (C=O) groups is 4. The molecule has 0 aliphatic carbocycles. The number of hydrogen-bond donors (Lipinski definition) is 1. The van der Waals surface area contributed by atoms with Crippen molar-refractivity contribution in [1.82, 2.24) is 19.9 Å². The number of Topliss-reactive ketones (excluding diaryl/α,β-unsaturated/α-hetero) is 2. The van der Waals surface area contributed by atoms with Gasteiger partial charge in [0.05, 0.1) is 30.3 Å². The molecule has 0 saturated carbocycles. The highest BCUT2D eigenvalue weighted by molar-refractivity contribution is 5.85. The number of ether oxygens (including phenoxy) is 1. The Kier molecular flexibility index (Phi) is 14.7. The summed E-state index contributed by atoms with van der Waals surface area (Å²) in [5.74, 6) is -2.44. The number of carbonyl (C=O) groups excluding carboxylic acids is 3. The molecule has 2 aromatic carbocycles. The third-order valence-corrected chi connectivity index (χ3v) is 7.04. The molecule has 0 aliphatic rings. The van der Waals surface area contributed by atoms with Crippen molar-refractivity contribution in [3.05, 3.63) is 120 Å². The summed E-state index contributed by atoms with van der Waals surface area (Å²) in [6, 6.07) is 19.0. The van der Waals surface area contributed by atoms with Crippen LogP contribution in [0.15, 0.2) is 97.8 Å². The van der Waals surface area contributed by atoms with Crippen LogP contribution in [0.4, 0.5) is 0 Å². The summed E-state index contributed by atoms with van der Waals surface area (Å²) in [6.45, 7) is 0. The van der Waals surface area contributed by atoms with E-state index in [1.807, 2.05) is 60.7 Å². The van der Waals surface area contributed by atoms with Crippen molar-refractivity contribution in [3.63, 3.8) is 0 Å². The van der Waals surface area contributed by atoms with Crippen LogP contribution in [0.1, 0.15) is 48.2 Å². The van der Waals surface area contributed by atoms with Crippen LogP contribution in [0, 0.1) is 11.8 Å². The van der Waals surface area contributed by atoms with Crippen LogP contribution in [-0.4, -0.2) is 55.7 Å². The predicted molar refractivity (Wildman–Crippen MR) is 167 cm³/mol. The highest BCUT2D eigenvalue weighted by Crippen LogP contribution is 2.17. The smallest absolute Gasteiger partial charge is 0.309 e. The number of carboxylic acid groups (broad SMARTS) is 1. The molecule has 2 atom stereocenters. The summed E-state index contributed by atoms with van der Waals surface area (Å²) < 4.78 is 4.83. The Labute approximate surface area is 263 Å². The molecule has 2 heterocycles. The fourth-order valence-corrected chi connectivity index (χ4v) is 4.66. The van der Waals surface area contributed by atoms with Crippen LogP contribution >= 0.6 is 0 Å². The van der Waals surface area contributed by atoms with Gasteiger partial charge in [0, 0.05) is 62.9 Å². The predicted octanol–water partition coefficient (Wildman–Crippen LogP) is 4.71. The lowest BCUT2D eigenvalue weighted by molar-refractivity contribution is -0.147. The Hall–Kier alpha value is -5.12. The summed E-state index contributed by atoms with van der Waals surface area (Å²) in [5.41, 5.74) is 3.46. The van der Waals surface area contributed by atoms with Gasteiger partial charge in [-0.25, -0.2) is 0 Å². The van der Waals surface area contributed by atoms with Crippen LogP contribution in [-0.2, 0) is 49.6 Å². The zero-order valence-electron chi connectivity index (χ0n) is 25.3. The maximum atomic E-state index is 12.2. The van der Waals surface area contributed by atoms with Gasteiger partial charge in [-0.15, -0.1) is 0 Å². The molecule has 1 N–H and O–H groups in total. The number of rotatable bonds is 16. The van der Waals surface area contributed by atoms with E-state index < -0.39 is 17.8 Å². The maximum absolute atomic E-state index is 12.2. The molecule has 4 rings (SSSR count). The Morgan fingerprint density at radius 3 is 1.51 bits per heavy atom. The van der Waals surface area contributed by atoms with E-state index in [0.717, 1.165) is 22.5 Å². The van der Waals surface area contributed by atoms with Crippen molar-refractivity contribution >= 4 is 23.5 Å². The van der Waals surface area contributed by atoms with Gasteiger partial charge in [-0.3, -0.25) is 39.1 Å². The first-order valence-electron chi connectivity index (χ1n) is 14.8. The van der Waals surface area contributed by atoms with Crippen LogP contribution < -0.4 is 0 Å². The zero-order valence-corrected chi connectivity index (χ0v) is 25.3. The molecule has 10 nitrogen and oxygen atoms in total. The molecule has 0 amide bonds. The first-order valence-corrected chi connectivity index (χ1v) is 14.8. The summed E-state index contributed by atoms with van der Waals surface area (Å²) in [4.78, 5) is 63.6. The van der Waals surface area contributed by atoms with Gasteiger partial charge in [0.25, 0.3) is 0 Å². The van der Waals surface area contributed by atoms with Crippen LogP contribution in [0.2, 0.25) is 0 Å². The number of esters is 1. The molecule has 4 aromatic rings. The van der Waals surface area contributed by atoms with E-state index in [-0.39, 0.29) is 36.8 Å². The average Bonchev–Trinajstić information content (AvgIpc) is 3.07. The highest BCUT2D eigenvalue weighted by Gasteiger charge is 2.23. The van der Waals surface area contributed by atoms with Crippen LogP contribution in [0.25, 0.3) is 0 Å². The Morgan fingerprint density at radius 2 is 1.11 bits per heavy atom. The molecule has 0 fully saturated rings. The molecular weight excluding hydrogens is 572 g/mol. The van der Waals surface area contributed by atoms with Gasteiger partial charge in [0.1, 0.15) is 11.6 Å². The minimum Gasteiger partial charge on any atom is -0.481 e. The Balaban J connectivity index is 0.000000246. The number of hydrogen-bond acceptors (Lipinski definition) is 9. The summed E-state index contributed by atoms with van der Waals surface area (Å²) >= 11 is 0. The van der Waals surface area contributed by atoms with E-state index in [9.17, 15) is 24.3 Å². The van der Waals surface area contributed by atoms with E-state index in [1.54, 1.807) is 37.2 Å². The molecule has 45 heavy (non-hydrogen) atoms. The topological polar surface area (TPSA) is 149 Å². The number of aromatic nitrogens is 4. The zero-order chi connectivity index (χ0) is 32.3. The third kappa shape index (κ3) is 13.4. The molecule has 0 bridgehead atoms. The number of ketones is 2. The number of aliphatic carboxylic acids is 1. The summed E-state index contributed by atoms with van der Waals surface area (Å²) in [5, 5.41) is 9.29. The van der Waals surface area contributed by atoms with Crippen LogP contribution in [0.5, 0.6) is 0 Å². The molecule has 10 heteroatoms. The second-order valence-corrected chi connectivity index (χ2v) is 10.5. The van der Waals surface area contributed by atoms with E-state index in [4.69, 9.17) is 4.74 Å². The van der Waals surface area contributed by atoms with E-state index in [2.05, 4.69) is 19.9 Å². The number of carboxylic acids is 1. The summed E-state index contributed by atoms with van der Waals surface area (Å²) in [6.07, 6.45) is 12.4. The quantitative estimate of drug-likeness (QED) is 0.177. The van der Waals surface area contributed by atoms with E-state index in [0.29, 0.717) is 32.1 Å². The fraction of sp³-hybridized carbons (Fsp3) is 0.314.